The second kappa shape index (κ2) is 5.27. The predicted octanol–water partition coefficient (Wildman–Crippen LogP) is 0.763. The maximum atomic E-state index is 11.8. The van der Waals surface area contributed by atoms with Crippen molar-refractivity contribution in [1.29, 1.82) is 0 Å². The van der Waals surface area contributed by atoms with Crippen LogP contribution in [0.2, 0.25) is 0 Å². The second-order valence-corrected chi connectivity index (χ2v) is 4.38. The summed E-state index contributed by atoms with van der Waals surface area (Å²) in [5.41, 5.74) is 6.67. The molecule has 0 aliphatic carbocycles. The average molecular weight is 250 g/mol. The molecule has 0 aromatic heterocycles. The largest absolute Gasteiger partial charge is 0.497 e. The van der Waals surface area contributed by atoms with Gasteiger partial charge in [-0.05, 0) is 24.1 Å². The number of carbonyl (C=O) groups is 1. The molecule has 0 saturated carbocycles. The summed E-state index contributed by atoms with van der Waals surface area (Å²) < 4.78 is 10.4. The molecule has 0 radical (unpaired) electrons. The first-order chi connectivity index (χ1) is 8.63. The van der Waals surface area contributed by atoms with E-state index in [1.807, 2.05) is 12.1 Å². The molecule has 1 fully saturated rings. The van der Waals surface area contributed by atoms with Crippen LogP contribution in [0.1, 0.15) is 12.0 Å². The van der Waals surface area contributed by atoms with E-state index in [1.54, 1.807) is 25.2 Å². The number of ether oxygens (including phenoxy) is 2. The molecule has 1 aromatic carbocycles. The standard InChI is InChI=1S/C13H18N2O3/c1-17-10-5-9(6-11(7-10)18-2)8-15-4-3-12(14)13(15)16/h5-7,12H,3-4,8,14H2,1-2H3/t12-/m0/s1. The molecule has 1 heterocycles. The molecule has 0 unspecified atom stereocenters. The number of nitrogens with two attached hydrogens (primary N) is 1. The quantitative estimate of drug-likeness (QED) is 0.857. The Labute approximate surface area is 106 Å². The fourth-order valence-electron chi connectivity index (χ4n) is 2.10. The van der Waals surface area contributed by atoms with Crippen molar-refractivity contribution < 1.29 is 14.3 Å². The Morgan fingerprint density at radius 3 is 2.33 bits per heavy atom. The van der Waals surface area contributed by atoms with E-state index in [4.69, 9.17) is 15.2 Å². The summed E-state index contributed by atoms with van der Waals surface area (Å²) in [5, 5.41) is 0. The molecule has 5 nitrogen and oxygen atoms in total. The van der Waals surface area contributed by atoms with Gasteiger partial charge in [0, 0.05) is 19.2 Å². The van der Waals surface area contributed by atoms with Crippen LogP contribution in [0.5, 0.6) is 11.5 Å². The van der Waals surface area contributed by atoms with Gasteiger partial charge in [-0.1, -0.05) is 0 Å². The summed E-state index contributed by atoms with van der Waals surface area (Å²) in [4.78, 5) is 13.5. The Morgan fingerprint density at radius 1 is 1.28 bits per heavy atom. The normalized spacial score (nSPS) is 19.2. The first-order valence-corrected chi connectivity index (χ1v) is 5.90. The van der Waals surface area contributed by atoms with Crippen LogP contribution >= 0.6 is 0 Å². The third-order valence-electron chi connectivity index (χ3n) is 3.12. The van der Waals surface area contributed by atoms with Crippen molar-refractivity contribution >= 4 is 5.91 Å². The monoisotopic (exact) mass is 250 g/mol. The molecule has 98 valence electrons. The van der Waals surface area contributed by atoms with E-state index in [0.717, 1.165) is 23.5 Å². The smallest absolute Gasteiger partial charge is 0.239 e. The lowest BCUT2D eigenvalue weighted by molar-refractivity contribution is -0.129. The molecular weight excluding hydrogens is 232 g/mol. The van der Waals surface area contributed by atoms with E-state index in [9.17, 15) is 4.79 Å². The van der Waals surface area contributed by atoms with Gasteiger partial charge in [0.15, 0.2) is 0 Å². The molecule has 1 atom stereocenters. The Balaban J connectivity index is 2.16. The molecule has 0 bridgehead atoms. The van der Waals surface area contributed by atoms with Gasteiger partial charge in [0.2, 0.25) is 5.91 Å². The van der Waals surface area contributed by atoms with Crippen molar-refractivity contribution in [3.63, 3.8) is 0 Å². The molecule has 1 aromatic rings. The van der Waals surface area contributed by atoms with E-state index in [1.165, 1.54) is 0 Å². The number of rotatable bonds is 4. The molecule has 1 aliphatic rings. The van der Waals surface area contributed by atoms with Crippen LogP contribution in [0.15, 0.2) is 18.2 Å². The van der Waals surface area contributed by atoms with Gasteiger partial charge in [-0.15, -0.1) is 0 Å². The Hall–Kier alpha value is -1.75. The fraction of sp³-hybridized carbons (Fsp3) is 0.462. The van der Waals surface area contributed by atoms with Crippen molar-refractivity contribution in [3.05, 3.63) is 23.8 Å². The highest BCUT2D eigenvalue weighted by molar-refractivity contribution is 5.83. The van der Waals surface area contributed by atoms with Gasteiger partial charge < -0.3 is 20.1 Å². The first kappa shape index (κ1) is 12.7. The summed E-state index contributed by atoms with van der Waals surface area (Å²) in [5.74, 6) is 1.46. The average Bonchev–Trinajstić information content (AvgIpc) is 2.70. The van der Waals surface area contributed by atoms with Gasteiger partial charge in [-0.2, -0.15) is 0 Å². The molecule has 1 aliphatic heterocycles. The minimum absolute atomic E-state index is 0.0109. The van der Waals surface area contributed by atoms with Crippen molar-refractivity contribution in [1.82, 2.24) is 4.90 Å². The van der Waals surface area contributed by atoms with Crippen molar-refractivity contribution in [2.75, 3.05) is 20.8 Å². The summed E-state index contributed by atoms with van der Waals surface area (Å²) in [6, 6.07) is 5.26. The second-order valence-electron chi connectivity index (χ2n) is 4.38. The third kappa shape index (κ3) is 2.56. The number of nitrogens with zero attached hydrogens (tertiary/aromatic N) is 1. The topological polar surface area (TPSA) is 64.8 Å². The minimum Gasteiger partial charge on any atom is -0.497 e. The lowest BCUT2D eigenvalue weighted by atomic mass is 10.2. The van der Waals surface area contributed by atoms with Gasteiger partial charge in [-0.3, -0.25) is 4.79 Å². The Morgan fingerprint density at radius 2 is 1.89 bits per heavy atom. The maximum Gasteiger partial charge on any atom is 0.239 e. The van der Waals surface area contributed by atoms with Crippen LogP contribution in [-0.2, 0) is 11.3 Å². The van der Waals surface area contributed by atoms with Crippen LogP contribution in [0, 0.1) is 0 Å². The minimum atomic E-state index is -0.350. The Kier molecular flexibility index (Phi) is 3.72. The van der Waals surface area contributed by atoms with Gasteiger partial charge in [0.25, 0.3) is 0 Å². The van der Waals surface area contributed by atoms with Crippen molar-refractivity contribution in [3.8, 4) is 11.5 Å². The third-order valence-corrected chi connectivity index (χ3v) is 3.12. The number of methoxy groups -OCH3 is 2. The van der Waals surface area contributed by atoms with E-state index in [-0.39, 0.29) is 11.9 Å². The van der Waals surface area contributed by atoms with Crippen LogP contribution in [0.3, 0.4) is 0 Å². The molecular formula is C13H18N2O3. The van der Waals surface area contributed by atoms with Crippen LogP contribution in [-0.4, -0.2) is 37.6 Å². The highest BCUT2D eigenvalue weighted by Gasteiger charge is 2.28. The molecule has 18 heavy (non-hydrogen) atoms. The first-order valence-electron chi connectivity index (χ1n) is 5.90. The summed E-state index contributed by atoms with van der Waals surface area (Å²) in [7, 11) is 3.21. The predicted molar refractivity (Wildman–Crippen MR) is 67.6 cm³/mol. The van der Waals surface area contributed by atoms with E-state index in [0.29, 0.717) is 13.1 Å². The van der Waals surface area contributed by atoms with Crippen LogP contribution in [0.4, 0.5) is 0 Å². The van der Waals surface area contributed by atoms with Gasteiger partial charge in [0.1, 0.15) is 11.5 Å². The fourth-order valence-corrected chi connectivity index (χ4v) is 2.10. The lowest BCUT2D eigenvalue weighted by Gasteiger charge is -2.17. The number of benzene rings is 1. The van der Waals surface area contributed by atoms with E-state index in [2.05, 4.69) is 0 Å². The summed E-state index contributed by atoms with van der Waals surface area (Å²) in [6.07, 6.45) is 0.722. The highest BCUT2D eigenvalue weighted by atomic mass is 16.5. The highest BCUT2D eigenvalue weighted by Crippen LogP contribution is 2.24. The zero-order valence-electron chi connectivity index (χ0n) is 10.7. The van der Waals surface area contributed by atoms with Crippen LogP contribution < -0.4 is 15.2 Å². The van der Waals surface area contributed by atoms with E-state index >= 15 is 0 Å². The maximum absolute atomic E-state index is 11.8. The molecule has 0 spiro atoms. The lowest BCUT2D eigenvalue weighted by Crippen LogP contribution is -2.33. The van der Waals surface area contributed by atoms with Gasteiger partial charge >= 0.3 is 0 Å². The molecule has 2 N–H and O–H groups in total. The number of hydrogen-bond acceptors (Lipinski definition) is 4. The zero-order chi connectivity index (χ0) is 13.1. The summed E-state index contributed by atoms with van der Waals surface area (Å²) in [6.45, 7) is 1.25. The summed E-state index contributed by atoms with van der Waals surface area (Å²) >= 11 is 0. The number of amides is 1. The zero-order valence-corrected chi connectivity index (χ0v) is 10.7. The van der Waals surface area contributed by atoms with Crippen molar-refractivity contribution in [2.45, 2.75) is 19.0 Å². The SMILES string of the molecule is COc1cc(CN2CC[C@H](N)C2=O)cc(OC)c1. The number of hydrogen-bond donors (Lipinski definition) is 1. The number of likely N-dealkylation sites (tertiary alicyclic amines) is 1. The van der Waals surface area contributed by atoms with E-state index < -0.39 is 0 Å². The van der Waals surface area contributed by atoms with Gasteiger partial charge in [-0.25, -0.2) is 0 Å². The molecule has 2 rings (SSSR count). The van der Waals surface area contributed by atoms with Crippen LogP contribution in [0.25, 0.3) is 0 Å². The molecule has 1 saturated heterocycles. The molecule has 1 amide bonds. The Bertz CT molecular complexity index is 426. The number of carbonyl (C=O) groups excluding carboxylic acids is 1. The van der Waals surface area contributed by atoms with Crippen molar-refractivity contribution in [2.24, 2.45) is 5.73 Å². The van der Waals surface area contributed by atoms with Gasteiger partial charge in [0.05, 0.1) is 20.3 Å². The molecule has 5 heteroatoms.